The highest BCUT2D eigenvalue weighted by atomic mass is 35.5. The molecule has 2 aromatic carbocycles. The highest BCUT2D eigenvalue weighted by molar-refractivity contribution is 7.88. The molecule has 20 heteroatoms. The van der Waals surface area contributed by atoms with E-state index in [1.807, 2.05) is 0 Å². The molecule has 2 aliphatic rings. The maximum absolute atomic E-state index is 14.4. The van der Waals surface area contributed by atoms with Gasteiger partial charge in [-0.25, -0.2) is 40.8 Å². The molecule has 2 aromatic rings. The highest BCUT2D eigenvalue weighted by Crippen LogP contribution is 2.40. The van der Waals surface area contributed by atoms with Gasteiger partial charge in [-0.05, 0) is 24.1 Å². The predicted octanol–water partition coefficient (Wildman–Crippen LogP) is 0.315. The standard InChI is InChI=1S/C22H20BClF2N4O11S/c1-42(39,40)30-5-4-29(22(30)37)21(36)28-15(9-7-11(26)16(31)17(32)14(9)24)19(33)27-12-6-8-2-3-10(25)13(20(34)35)18(8)41-23(12)38/h2-3,7,12,15,31-32,38H,4-6H2,1H3,(H,27,33)(H,28,36)(H,34,35)/t12-,15+/m0/s1. The maximum Gasteiger partial charge on any atom is 0.547 e. The minimum absolute atomic E-state index is 0.0693. The predicted molar refractivity (Wildman–Crippen MR) is 137 cm³/mol. The average Bonchev–Trinajstić information content (AvgIpc) is 3.30. The molecule has 0 unspecified atom stereocenters. The van der Waals surface area contributed by atoms with Crippen molar-refractivity contribution in [2.45, 2.75) is 18.4 Å². The van der Waals surface area contributed by atoms with Crippen LogP contribution in [0.3, 0.4) is 0 Å². The summed E-state index contributed by atoms with van der Waals surface area (Å²) < 4.78 is 57.6. The number of nitrogens with one attached hydrogen (secondary N) is 2. The minimum atomic E-state index is -4.05. The number of phenols is 2. The summed E-state index contributed by atoms with van der Waals surface area (Å²) in [5, 5.41) is 43.1. The summed E-state index contributed by atoms with van der Waals surface area (Å²) >= 11 is 6.02. The zero-order valence-corrected chi connectivity index (χ0v) is 22.7. The number of hydrogen-bond donors (Lipinski definition) is 6. The zero-order chi connectivity index (χ0) is 31.3. The molecule has 0 spiro atoms. The molecular formula is C22H20BClF2N4O11S. The van der Waals surface area contributed by atoms with Gasteiger partial charge in [-0.2, -0.15) is 0 Å². The van der Waals surface area contributed by atoms with Crippen molar-refractivity contribution >= 4 is 52.7 Å². The van der Waals surface area contributed by atoms with Crippen LogP contribution < -0.4 is 15.3 Å². The van der Waals surface area contributed by atoms with Crippen LogP contribution in [0.4, 0.5) is 18.4 Å². The van der Waals surface area contributed by atoms with Gasteiger partial charge in [-0.3, -0.25) is 4.79 Å². The summed E-state index contributed by atoms with van der Waals surface area (Å²) in [4.78, 5) is 50.8. The summed E-state index contributed by atoms with van der Waals surface area (Å²) in [5.41, 5.74) is -1.41. The molecule has 6 N–H and O–H groups in total. The van der Waals surface area contributed by atoms with Crippen LogP contribution in [0.2, 0.25) is 5.02 Å². The van der Waals surface area contributed by atoms with Crippen molar-refractivity contribution in [3.63, 3.8) is 0 Å². The van der Waals surface area contributed by atoms with Crippen molar-refractivity contribution in [2.24, 2.45) is 0 Å². The largest absolute Gasteiger partial charge is 0.547 e. The van der Waals surface area contributed by atoms with Crippen LogP contribution in [0.25, 0.3) is 0 Å². The number of hydrogen-bond acceptors (Lipinski definition) is 10. The van der Waals surface area contributed by atoms with Crippen molar-refractivity contribution in [3.8, 4) is 17.2 Å². The molecule has 1 saturated heterocycles. The third-order valence-corrected chi connectivity index (χ3v) is 7.94. The molecule has 15 nitrogen and oxygen atoms in total. The SMILES string of the molecule is CS(=O)(=O)N1CCN(C(=O)N[C@@H](C(=O)N[C@H]2Cc3ccc(F)c(C(=O)O)c3OB2O)c2cc(F)c(O)c(O)c2Cl)C1=O. The normalized spacial score (nSPS) is 17.4. The van der Waals surface area contributed by atoms with Crippen LogP contribution in [0.1, 0.15) is 27.5 Å². The van der Waals surface area contributed by atoms with Gasteiger partial charge in [0.15, 0.2) is 17.3 Å². The number of benzene rings is 2. The van der Waals surface area contributed by atoms with Crippen molar-refractivity contribution in [1.29, 1.82) is 0 Å². The number of nitrogens with zero attached hydrogens (tertiary/aromatic N) is 2. The Kier molecular flexibility index (Phi) is 8.12. The number of halogens is 3. The molecule has 0 bridgehead atoms. The number of carboxylic acid groups (broad SMARTS) is 1. The molecule has 5 amide bonds. The van der Waals surface area contributed by atoms with E-state index in [2.05, 4.69) is 10.6 Å². The lowest BCUT2D eigenvalue weighted by Crippen LogP contribution is -2.56. The van der Waals surface area contributed by atoms with Crippen LogP contribution in [0.5, 0.6) is 17.2 Å². The summed E-state index contributed by atoms with van der Waals surface area (Å²) in [6, 6.07) is -2.14. The number of carbonyl (C=O) groups excluding carboxylic acids is 3. The second kappa shape index (κ2) is 11.1. The minimum Gasteiger partial charge on any atom is -0.534 e. The Morgan fingerprint density at radius 1 is 1.17 bits per heavy atom. The Hall–Kier alpha value is -4.36. The first-order valence-corrected chi connectivity index (χ1v) is 13.9. The fourth-order valence-electron chi connectivity index (χ4n) is 4.36. The molecule has 42 heavy (non-hydrogen) atoms. The molecular weight excluding hydrogens is 613 g/mol. The maximum atomic E-state index is 14.4. The molecule has 2 aliphatic heterocycles. The number of phenolic OH excluding ortho intramolecular Hbond substituents is 2. The Morgan fingerprint density at radius 3 is 2.43 bits per heavy atom. The molecule has 224 valence electrons. The second-order valence-corrected chi connectivity index (χ2v) is 11.4. The summed E-state index contributed by atoms with van der Waals surface area (Å²) in [6.45, 7) is -0.829. The van der Waals surface area contributed by atoms with Crippen LogP contribution >= 0.6 is 11.6 Å². The van der Waals surface area contributed by atoms with Crippen LogP contribution in [-0.2, 0) is 21.2 Å². The quantitative estimate of drug-likeness (QED) is 0.188. The van der Waals surface area contributed by atoms with Gasteiger partial charge in [0.2, 0.25) is 15.9 Å². The van der Waals surface area contributed by atoms with Gasteiger partial charge in [0, 0.05) is 5.56 Å². The molecule has 0 aliphatic carbocycles. The number of aromatic carboxylic acids is 1. The lowest BCUT2D eigenvalue weighted by molar-refractivity contribution is -0.123. The second-order valence-electron chi connectivity index (χ2n) is 9.15. The Morgan fingerprint density at radius 2 is 1.83 bits per heavy atom. The first-order chi connectivity index (χ1) is 19.5. The molecule has 2 heterocycles. The first-order valence-electron chi connectivity index (χ1n) is 11.7. The van der Waals surface area contributed by atoms with Crippen molar-refractivity contribution in [1.82, 2.24) is 19.8 Å². The fraction of sp³-hybridized carbons (Fsp3) is 0.273. The van der Waals surface area contributed by atoms with Gasteiger partial charge in [-0.1, -0.05) is 17.7 Å². The summed E-state index contributed by atoms with van der Waals surface area (Å²) in [6.07, 6.45) is 0.411. The zero-order valence-electron chi connectivity index (χ0n) is 21.2. The average molecular weight is 633 g/mol. The smallest absolute Gasteiger partial charge is 0.534 e. The van der Waals surface area contributed by atoms with E-state index in [1.165, 1.54) is 0 Å². The van der Waals surface area contributed by atoms with Gasteiger partial charge in [0.25, 0.3) is 0 Å². The van der Waals surface area contributed by atoms with Crippen molar-refractivity contribution < 1.29 is 61.4 Å². The number of carbonyl (C=O) groups is 4. The van der Waals surface area contributed by atoms with E-state index in [0.29, 0.717) is 15.3 Å². The number of aromatic hydroxyl groups is 2. The van der Waals surface area contributed by atoms with E-state index < -0.39 is 111 Å². The lowest BCUT2D eigenvalue weighted by Gasteiger charge is -2.31. The molecule has 0 aromatic heterocycles. The Bertz CT molecular complexity index is 1630. The number of urea groups is 2. The number of imide groups is 1. The van der Waals surface area contributed by atoms with Crippen LogP contribution in [0.15, 0.2) is 18.2 Å². The fourth-order valence-corrected chi connectivity index (χ4v) is 5.40. The van der Waals surface area contributed by atoms with E-state index in [-0.39, 0.29) is 12.0 Å². The van der Waals surface area contributed by atoms with Crippen LogP contribution in [-0.4, -0.2) is 94.3 Å². The van der Waals surface area contributed by atoms with E-state index in [4.69, 9.17) is 16.3 Å². The first kappa shape index (κ1) is 30.6. The highest BCUT2D eigenvalue weighted by Gasteiger charge is 2.43. The van der Waals surface area contributed by atoms with E-state index in [1.54, 1.807) is 0 Å². The molecule has 0 radical (unpaired) electrons. The van der Waals surface area contributed by atoms with E-state index in [0.717, 1.165) is 18.4 Å². The number of fused-ring (bicyclic) bond motifs is 1. The summed E-state index contributed by atoms with van der Waals surface area (Å²) in [7, 11) is -6.01. The molecule has 0 saturated carbocycles. The van der Waals surface area contributed by atoms with Gasteiger partial charge in [0.1, 0.15) is 23.2 Å². The Labute approximate surface area is 240 Å². The van der Waals surface area contributed by atoms with Crippen molar-refractivity contribution in [3.05, 3.63) is 51.5 Å². The molecule has 4 rings (SSSR count). The van der Waals surface area contributed by atoms with Gasteiger partial charge < -0.3 is 35.6 Å². The molecule has 1 fully saturated rings. The summed E-state index contributed by atoms with van der Waals surface area (Å²) in [5.74, 6) is -9.86. The van der Waals surface area contributed by atoms with Gasteiger partial charge in [0.05, 0.1) is 30.3 Å². The monoisotopic (exact) mass is 632 g/mol. The van der Waals surface area contributed by atoms with Gasteiger partial charge >= 0.3 is 25.1 Å². The van der Waals surface area contributed by atoms with Crippen LogP contribution in [0, 0.1) is 11.6 Å². The van der Waals surface area contributed by atoms with Gasteiger partial charge in [-0.15, -0.1) is 0 Å². The topological polar surface area (TPSA) is 223 Å². The number of rotatable bonds is 6. The Balaban J connectivity index is 1.66. The number of amides is 5. The third-order valence-electron chi connectivity index (χ3n) is 6.40. The van der Waals surface area contributed by atoms with Crippen molar-refractivity contribution in [2.75, 3.05) is 19.3 Å². The number of sulfonamides is 1. The third kappa shape index (κ3) is 5.57. The number of carboxylic acids is 1. The lowest BCUT2D eigenvalue weighted by atomic mass is 9.72. The molecule has 2 atom stereocenters. The van der Waals surface area contributed by atoms with E-state index in [9.17, 15) is 56.7 Å². The van der Waals surface area contributed by atoms with E-state index >= 15 is 0 Å².